The fourth-order valence-electron chi connectivity index (χ4n) is 1.61. The van der Waals surface area contributed by atoms with Crippen LogP contribution in [0.3, 0.4) is 0 Å². The van der Waals surface area contributed by atoms with Crippen LogP contribution in [0, 0.1) is 5.92 Å². The predicted octanol–water partition coefficient (Wildman–Crippen LogP) is 3.06. The van der Waals surface area contributed by atoms with Crippen LogP contribution in [0.1, 0.15) is 43.7 Å². The minimum atomic E-state index is 0. The van der Waals surface area contributed by atoms with Gasteiger partial charge in [-0.25, -0.2) is 0 Å². The highest BCUT2D eigenvalue weighted by molar-refractivity contribution is 5.85. The summed E-state index contributed by atoms with van der Waals surface area (Å²) in [5.41, 5.74) is 6.01. The summed E-state index contributed by atoms with van der Waals surface area (Å²) in [6, 6.07) is 4.17. The molecule has 0 unspecified atom stereocenters. The molecule has 0 amide bonds. The third kappa shape index (κ3) is 2.76. The molecule has 0 spiro atoms. The van der Waals surface area contributed by atoms with Gasteiger partial charge >= 0.3 is 0 Å². The van der Waals surface area contributed by atoms with Crippen LogP contribution in [-0.2, 0) is 6.42 Å². The third-order valence-corrected chi connectivity index (χ3v) is 2.68. The van der Waals surface area contributed by atoms with Crippen molar-refractivity contribution in [3.05, 3.63) is 23.7 Å². The minimum absolute atomic E-state index is 0. The maximum Gasteiger partial charge on any atom is 0.120 e. The van der Waals surface area contributed by atoms with Gasteiger partial charge < -0.3 is 10.2 Å². The zero-order chi connectivity index (χ0) is 9.26. The molecule has 1 saturated carbocycles. The summed E-state index contributed by atoms with van der Waals surface area (Å²) in [5, 5.41) is 0. The minimum Gasteiger partial charge on any atom is -0.464 e. The molecule has 1 aliphatic carbocycles. The van der Waals surface area contributed by atoms with Crippen molar-refractivity contribution in [2.24, 2.45) is 11.7 Å². The largest absolute Gasteiger partial charge is 0.464 e. The molecule has 0 aliphatic heterocycles. The first-order valence-electron chi connectivity index (χ1n) is 5.13. The Hall–Kier alpha value is -0.470. The van der Waals surface area contributed by atoms with Gasteiger partial charge in [0, 0.05) is 6.42 Å². The molecular weight excluding hydrogens is 198 g/mol. The number of aryl methyl sites for hydroxylation is 1. The van der Waals surface area contributed by atoms with Crippen molar-refractivity contribution in [2.45, 2.75) is 38.6 Å². The first-order valence-corrected chi connectivity index (χ1v) is 5.13. The molecule has 3 heteroatoms. The molecule has 1 aliphatic rings. The fraction of sp³-hybridized carbons (Fsp3) is 0.636. The van der Waals surface area contributed by atoms with E-state index in [2.05, 4.69) is 6.92 Å². The SMILES string of the molecule is CCc1ccc([C@H](N)CC2CC2)o1.Cl. The van der Waals surface area contributed by atoms with Crippen LogP contribution in [0.15, 0.2) is 16.5 Å². The van der Waals surface area contributed by atoms with Crippen LogP contribution in [0.2, 0.25) is 0 Å². The Morgan fingerprint density at radius 2 is 2.21 bits per heavy atom. The molecule has 0 radical (unpaired) electrons. The van der Waals surface area contributed by atoms with Crippen LogP contribution in [-0.4, -0.2) is 0 Å². The molecule has 2 rings (SSSR count). The second-order valence-electron chi connectivity index (χ2n) is 3.94. The highest BCUT2D eigenvalue weighted by Crippen LogP contribution is 2.36. The smallest absolute Gasteiger partial charge is 0.120 e. The molecule has 80 valence electrons. The second kappa shape index (κ2) is 4.85. The molecular formula is C11H18ClNO. The first-order chi connectivity index (χ1) is 6.29. The molecule has 0 saturated heterocycles. The second-order valence-corrected chi connectivity index (χ2v) is 3.94. The predicted molar refractivity (Wildman–Crippen MR) is 59.6 cm³/mol. The summed E-state index contributed by atoms with van der Waals surface area (Å²) in [7, 11) is 0. The molecule has 0 aromatic carbocycles. The van der Waals surface area contributed by atoms with Gasteiger partial charge in [0.25, 0.3) is 0 Å². The van der Waals surface area contributed by atoms with Crippen molar-refractivity contribution in [1.82, 2.24) is 0 Å². The van der Waals surface area contributed by atoms with Gasteiger partial charge in [-0.05, 0) is 24.5 Å². The fourth-order valence-corrected chi connectivity index (χ4v) is 1.61. The van der Waals surface area contributed by atoms with E-state index in [0.29, 0.717) is 0 Å². The Bertz CT molecular complexity index is 281. The summed E-state index contributed by atoms with van der Waals surface area (Å²) in [4.78, 5) is 0. The maximum atomic E-state index is 6.01. The average Bonchev–Trinajstić information content (AvgIpc) is 2.82. The van der Waals surface area contributed by atoms with Gasteiger partial charge in [0.2, 0.25) is 0 Å². The molecule has 1 aromatic rings. The summed E-state index contributed by atoms with van der Waals surface area (Å²) < 4.78 is 5.60. The Morgan fingerprint density at radius 3 is 2.71 bits per heavy atom. The maximum absolute atomic E-state index is 6.01. The molecule has 1 fully saturated rings. The van der Waals surface area contributed by atoms with Crippen LogP contribution in [0.4, 0.5) is 0 Å². The van der Waals surface area contributed by atoms with E-state index in [1.165, 1.54) is 12.8 Å². The summed E-state index contributed by atoms with van der Waals surface area (Å²) >= 11 is 0. The Labute approximate surface area is 91.3 Å². The van der Waals surface area contributed by atoms with Gasteiger partial charge in [0.05, 0.1) is 6.04 Å². The van der Waals surface area contributed by atoms with E-state index in [-0.39, 0.29) is 18.4 Å². The average molecular weight is 216 g/mol. The molecule has 2 N–H and O–H groups in total. The number of furan rings is 1. The standard InChI is InChI=1S/C11H17NO.ClH/c1-2-9-5-6-11(13-9)10(12)7-8-3-4-8;/h5-6,8,10H,2-4,7,12H2,1H3;1H/t10-;/m1./s1. The van der Waals surface area contributed by atoms with Gasteiger partial charge in [-0.15, -0.1) is 12.4 Å². The lowest BCUT2D eigenvalue weighted by Gasteiger charge is -2.06. The Morgan fingerprint density at radius 1 is 1.50 bits per heavy atom. The van der Waals surface area contributed by atoms with Gasteiger partial charge in [-0.1, -0.05) is 19.8 Å². The lowest BCUT2D eigenvalue weighted by atomic mass is 10.1. The van der Waals surface area contributed by atoms with Crippen molar-refractivity contribution >= 4 is 12.4 Å². The Kier molecular flexibility index (Phi) is 4.02. The molecule has 1 atom stereocenters. The highest BCUT2D eigenvalue weighted by atomic mass is 35.5. The van der Waals surface area contributed by atoms with Crippen LogP contribution < -0.4 is 5.73 Å². The van der Waals surface area contributed by atoms with E-state index in [1.54, 1.807) is 0 Å². The van der Waals surface area contributed by atoms with E-state index in [4.69, 9.17) is 10.2 Å². The van der Waals surface area contributed by atoms with E-state index in [9.17, 15) is 0 Å². The van der Waals surface area contributed by atoms with Crippen molar-refractivity contribution in [1.29, 1.82) is 0 Å². The summed E-state index contributed by atoms with van der Waals surface area (Å²) in [6.07, 6.45) is 4.76. The summed E-state index contributed by atoms with van der Waals surface area (Å²) in [6.45, 7) is 2.09. The number of halogens is 1. The van der Waals surface area contributed by atoms with Gasteiger partial charge in [-0.3, -0.25) is 0 Å². The molecule has 1 heterocycles. The molecule has 2 nitrogen and oxygen atoms in total. The van der Waals surface area contributed by atoms with Gasteiger partial charge in [0.15, 0.2) is 0 Å². The van der Waals surface area contributed by atoms with Crippen molar-refractivity contribution in [2.75, 3.05) is 0 Å². The summed E-state index contributed by atoms with van der Waals surface area (Å²) in [5.74, 6) is 2.87. The Balaban J connectivity index is 0.000000980. The van der Waals surface area contributed by atoms with Gasteiger partial charge in [-0.2, -0.15) is 0 Å². The van der Waals surface area contributed by atoms with Crippen LogP contribution in [0.25, 0.3) is 0 Å². The van der Waals surface area contributed by atoms with E-state index in [1.807, 2.05) is 12.1 Å². The zero-order valence-electron chi connectivity index (χ0n) is 8.53. The van der Waals surface area contributed by atoms with Crippen molar-refractivity contribution < 1.29 is 4.42 Å². The van der Waals surface area contributed by atoms with E-state index < -0.39 is 0 Å². The van der Waals surface area contributed by atoms with Crippen LogP contribution in [0.5, 0.6) is 0 Å². The molecule has 1 aromatic heterocycles. The third-order valence-electron chi connectivity index (χ3n) is 2.68. The van der Waals surface area contributed by atoms with Gasteiger partial charge in [0.1, 0.15) is 11.5 Å². The van der Waals surface area contributed by atoms with E-state index in [0.717, 1.165) is 30.3 Å². The number of nitrogens with two attached hydrogens (primary N) is 1. The quantitative estimate of drug-likeness (QED) is 0.839. The van der Waals surface area contributed by atoms with Crippen molar-refractivity contribution in [3.63, 3.8) is 0 Å². The number of hydrogen-bond acceptors (Lipinski definition) is 2. The normalized spacial score (nSPS) is 17.6. The van der Waals surface area contributed by atoms with E-state index >= 15 is 0 Å². The molecule has 0 bridgehead atoms. The first kappa shape index (κ1) is 11.6. The number of rotatable bonds is 4. The lowest BCUT2D eigenvalue weighted by molar-refractivity contribution is 0.416. The highest BCUT2D eigenvalue weighted by Gasteiger charge is 2.25. The molecule has 14 heavy (non-hydrogen) atoms. The monoisotopic (exact) mass is 215 g/mol. The lowest BCUT2D eigenvalue weighted by Crippen LogP contribution is -2.09. The van der Waals surface area contributed by atoms with Crippen LogP contribution >= 0.6 is 12.4 Å². The topological polar surface area (TPSA) is 39.2 Å². The van der Waals surface area contributed by atoms with Crippen molar-refractivity contribution in [3.8, 4) is 0 Å². The number of hydrogen-bond donors (Lipinski definition) is 1. The zero-order valence-corrected chi connectivity index (χ0v) is 9.35.